The van der Waals surface area contributed by atoms with Crippen LogP contribution < -0.4 is 11.1 Å². The Morgan fingerprint density at radius 3 is 2.50 bits per heavy atom. The molecule has 0 spiro atoms. The summed E-state index contributed by atoms with van der Waals surface area (Å²) in [5, 5.41) is 2.59. The molecule has 0 aliphatic heterocycles. The van der Waals surface area contributed by atoms with Gasteiger partial charge in [0.25, 0.3) is 0 Å². The van der Waals surface area contributed by atoms with E-state index in [9.17, 15) is 14.4 Å². The topological polar surface area (TPSA) is 98.5 Å². The van der Waals surface area contributed by atoms with E-state index in [0.29, 0.717) is 6.54 Å². The van der Waals surface area contributed by atoms with Crippen molar-refractivity contribution in [2.24, 2.45) is 5.73 Å². The molecule has 0 aromatic heterocycles. The number of amides is 1. The quantitative estimate of drug-likeness (QED) is 0.587. The monoisotopic (exact) mass is 278 g/mol. The molecule has 0 radical (unpaired) electrons. The van der Waals surface area contributed by atoms with Crippen molar-refractivity contribution in [3.05, 3.63) is 35.9 Å². The number of benzene rings is 1. The first kappa shape index (κ1) is 15.8. The number of rotatable bonds is 6. The lowest BCUT2D eigenvalue weighted by atomic mass is 10.1. The molecule has 6 nitrogen and oxygen atoms in total. The van der Waals surface area contributed by atoms with E-state index in [0.717, 1.165) is 0 Å². The largest absolute Gasteiger partial charge is 0.388 e. The lowest BCUT2D eigenvalue weighted by Crippen LogP contribution is -2.35. The van der Waals surface area contributed by atoms with Crippen LogP contribution in [0.3, 0.4) is 0 Å². The van der Waals surface area contributed by atoms with Crippen LogP contribution in [-0.4, -0.2) is 30.4 Å². The Bertz CT molecular complexity index is 473. The number of hydrogen-bond donors (Lipinski definition) is 2. The van der Waals surface area contributed by atoms with Gasteiger partial charge in [0.1, 0.15) is 6.04 Å². The highest BCUT2D eigenvalue weighted by Crippen LogP contribution is 2.04. The van der Waals surface area contributed by atoms with Crippen molar-refractivity contribution < 1.29 is 19.1 Å². The molecule has 1 atom stereocenters. The lowest BCUT2D eigenvalue weighted by Gasteiger charge is -2.10. The zero-order valence-electron chi connectivity index (χ0n) is 11.3. The highest BCUT2D eigenvalue weighted by Gasteiger charge is 2.20. The summed E-state index contributed by atoms with van der Waals surface area (Å²) in [7, 11) is 0. The maximum atomic E-state index is 11.6. The first-order valence-corrected chi connectivity index (χ1v) is 6.38. The molecule has 3 N–H and O–H groups in total. The maximum absolute atomic E-state index is 11.6. The molecule has 1 unspecified atom stereocenters. The number of hydrogen-bond acceptors (Lipinski definition) is 5. The van der Waals surface area contributed by atoms with Gasteiger partial charge >= 0.3 is 11.9 Å². The summed E-state index contributed by atoms with van der Waals surface area (Å²) < 4.78 is 4.66. The van der Waals surface area contributed by atoms with Crippen molar-refractivity contribution in [3.63, 3.8) is 0 Å². The molecule has 6 heteroatoms. The van der Waals surface area contributed by atoms with E-state index in [-0.39, 0.29) is 24.3 Å². The van der Waals surface area contributed by atoms with E-state index in [1.807, 2.05) is 0 Å². The van der Waals surface area contributed by atoms with E-state index < -0.39 is 18.0 Å². The molecule has 1 amide bonds. The second kappa shape index (κ2) is 8.06. The first-order valence-electron chi connectivity index (χ1n) is 6.38. The molecule has 0 heterocycles. The fourth-order valence-corrected chi connectivity index (χ4v) is 1.49. The number of esters is 2. The summed E-state index contributed by atoms with van der Waals surface area (Å²) in [5.74, 6) is -1.77. The summed E-state index contributed by atoms with van der Waals surface area (Å²) in [6, 6.07) is 7.15. The van der Waals surface area contributed by atoms with Crippen molar-refractivity contribution in [3.8, 4) is 0 Å². The van der Waals surface area contributed by atoms with Crippen molar-refractivity contribution in [2.75, 3.05) is 6.54 Å². The van der Waals surface area contributed by atoms with Gasteiger partial charge < -0.3 is 15.8 Å². The van der Waals surface area contributed by atoms with Gasteiger partial charge in [-0.15, -0.1) is 0 Å². The normalized spacial score (nSPS) is 11.5. The van der Waals surface area contributed by atoms with Gasteiger partial charge in [0.2, 0.25) is 5.91 Å². The van der Waals surface area contributed by atoms with Crippen LogP contribution >= 0.6 is 0 Å². The summed E-state index contributed by atoms with van der Waals surface area (Å²) in [6.45, 7) is 2.32. The van der Waals surface area contributed by atoms with Crippen LogP contribution in [0.25, 0.3) is 0 Å². The van der Waals surface area contributed by atoms with Gasteiger partial charge in [-0.1, -0.05) is 18.2 Å². The summed E-state index contributed by atoms with van der Waals surface area (Å²) in [5.41, 5.74) is 5.86. The van der Waals surface area contributed by atoms with Crippen molar-refractivity contribution >= 4 is 17.8 Å². The van der Waals surface area contributed by atoms with Crippen LogP contribution in [0.4, 0.5) is 0 Å². The zero-order chi connectivity index (χ0) is 15.0. The fraction of sp³-hybridized carbons (Fsp3) is 0.357. The average Bonchev–Trinajstić information content (AvgIpc) is 2.45. The Hall–Kier alpha value is -2.21. The van der Waals surface area contributed by atoms with Gasteiger partial charge in [0.05, 0.1) is 5.56 Å². The van der Waals surface area contributed by atoms with Crippen LogP contribution in [0.5, 0.6) is 0 Å². The average molecular weight is 278 g/mol. The Labute approximate surface area is 117 Å². The van der Waals surface area contributed by atoms with Crippen LogP contribution in [0.15, 0.2) is 30.3 Å². The van der Waals surface area contributed by atoms with E-state index in [1.165, 1.54) is 12.1 Å². The zero-order valence-corrected chi connectivity index (χ0v) is 11.3. The van der Waals surface area contributed by atoms with Crippen molar-refractivity contribution in [1.29, 1.82) is 0 Å². The van der Waals surface area contributed by atoms with Gasteiger partial charge in [-0.2, -0.15) is 0 Å². The third-order valence-electron chi connectivity index (χ3n) is 2.56. The minimum Gasteiger partial charge on any atom is -0.388 e. The number of carbonyl (C=O) groups excluding carboxylic acids is 3. The Balaban J connectivity index is 2.42. The first-order chi connectivity index (χ1) is 9.54. The predicted molar refractivity (Wildman–Crippen MR) is 72.8 cm³/mol. The highest BCUT2D eigenvalue weighted by atomic mass is 16.6. The Kier molecular flexibility index (Phi) is 6.39. The standard InChI is InChI=1S/C14H18N2O4/c1-2-16-12(17)9-8-11(15)14(19)20-13(18)10-6-4-3-5-7-10/h3-7,11H,2,8-9,15H2,1H3,(H,16,17). The smallest absolute Gasteiger partial charge is 0.345 e. The molecule has 1 aromatic carbocycles. The predicted octanol–water partition coefficient (Wildman–Crippen LogP) is 0.614. The molecule has 0 aliphatic carbocycles. The molecule has 20 heavy (non-hydrogen) atoms. The number of nitrogens with two attached hydrogens (primary N) is 1. The minimum atomic E-state index is -0.995. The number of carbonyl (C=O) groups is 3. The molecular weight excluding hydrogens is 260 g/mol. The number of nitrogens with one attached hydrogen (secondary N) is 1. The molecule has 0 fully saturated rings. The molecule has 0 aliphatic rings. The van der Waals surface area contributed by atoms with Crippen LogP contribution in [0.2, 0.25) is 0 Å². The van der Waals surface area contributed by atoms with Gasteiger partial charge in [-0.05, 0) is 25.5 Å². The highest BCUT2D eigenvalue weighted by molar-refractivity contribution is 5.98. The Morgan fingerprint density at radius 1 is 1.25 bits per heavy atom. The molecule has 108 valence electrons. The molecule has 0 bridgehead atoms. The summed E-state index contributed by atoms with van der Waals surface area (Å²) >= 11 is 0. The van der Waals surface area contributed by atoms with E-state index >= 15 is 0 Å². The second-order valence-electron chi connectivity index (χ2n) is 4.17. The Morgan fingerprint density at radius 2 is 1.90 bits per heavy atom. The lowest BCUT2D eigenvalue weighted by molar-refractivity contribution is -0.139. The van der Waals surface area contributed by atoms with E-state index in [4.69, 9.17) is 5.73 Å². The van der Waals surface area contributed by atoms with Crippen LogP contribution in [0.1, 0.15) is 30.1 Å². The van der Waals surface area contributed by atoms with Gasteiger partial charge in [-0.3, -0.25) is 4.79 Å². The van der Waals surface area contributed by atoms with Crippen LogP contribution in [-0.2, 0) is 14.3 Å². The van der Waals surface area contributed by atoms with Crippen molar-refractivity contribution in [2.45, 2.75) is 25.8 Å². The van der Waals surface area contributed by atoms with Gasteiger partial charge in [0, 0.05) is 13.0 Å². The minimum absolute atomic E-state index is 0.115. The van der Waals surface area contributed by atoms with E-state index in [2.05, 4.69) is 10.1 Å². The maximum Gasteiger partial charge on any atom is 0.345 e. The third-order valence-corrected chi connectivity index (χ3v) is 2.56. The molecule has 1 rings (SSSR count). The van der Waals surface area contributed by atoms with Crippen LogP contribution in [0, 0.1) is 0 Å². The SMILES string of the molecule is CCNC(=O)CCC(N)C(=O)OC(=O)c1ccccc1. The molecular formula is C14H18N2O4. The fourth-order valence-electron chi connectivity index (χ4n) is 1.49. The third kappa shape index (κ3) is 5.19. The van der Waals surface area contributed by atoms with Gasteiger partial charge in [0.15, 0.2) is 0 Å². The summed E-state index contributed by atoms with van der Waals surface area (Å²) in [6.07, 6.45) is 0.246. The second-order valence-corrected chi connectivity index (χ2v) is 4.17. The van der Waals surface area contributed by atoms with E-state index in [1.54, 1.807) is 25.1 Å². The van der Waals surface area contributed by atoms with Crippen molar-refractivity contribution in [1.82, 2.24) is 5.32 Å². The molecule has 0 saturated heterocycles. The number of ether oxygens (including phenoxy) is 1. The molecule has 1 aromatic rings. The van der Waals surface area contributed by atoms with Gasteiger partial charge in [-0.25, -0.2) is 9.59 Å². The molecule has 0 saturated carbocycles. The summed E-state index contributed by atoms with van der Waals surface area (Å²) in [4.78, 5) is 34.4.